The lowest BCUT2D eigenvalue weighted by Gasteiger charge is -2.09. The van der Waals surface area contributed by atoms with Gasteiger partial charge in [-0.2, -0.15) is 0 Å². The Kier molecular flexibility index (Phi) is 4.57. The molecule has 2 nitrogen and oxygen atoms in total. The summed E-state index contributed by atoms with van der Waals surface area (Å²) in [4.78, 5) is 4.80. The number of benzene rings is 2. The van der Waals surface area contributed by atoms with Gasteiger partial charge in [0.25, 0.3) is 0 Å². The minimum atomic E-state index is 0.243. The van der Waals surface area contributed by atoms with Crippen LogP contribution in [0.1, 0.15) is 44.7 Å². The SMILES string of the molecule is Cc1ccc2oc(-c3ccc(C(C)C)cc3)cc(=NC(C)C)c2c1. The molecule has 0 aliphatic rings. The van der Waals surface area contributed by atoms with Gasteiger partial charge in [0.1, 0.15) is 11.3 Å². The third-order valence-electron chi connectivity index (χ3n) is 4.16. The van der Waals surface area contributed by atoms with Crippen LogP contribution >= 0.6 is 0 Å². The summed E-state index contributed by atoms with van der Waals surface area (Å²) in [5.41, 5.74) is 4.52. The highest BCUT2D eigenvalue weighted by atomic mass is 16.3. The molecule has 0 bridgehead atoms. The van der Waals surface area contributed by atoms with Gasteiger partial charge in [-0.25, -0.2) is 0 Å². The van der Waals surface area contributed by atoms with E-state index < -0.39 is 0 Å². The van der Waals surface area contributed by atoms with Gasteiger partial charge in [-0.05, 0) is 44.4 Å². The molecule has 0 fully saturated rings. The molecule has 2 aromatic carbocycles. The van der Waals surface area contributed by atoms with Gasteiger partial charge in [-0.1, -0.05) is 49.7 Å². The number of rotatable bonds is 3. The monoisotopic (exact) mass is 319 g/mol. The van der Waals surface area contributed by atoms with Gasteiger partial charge in [-0.3, -0.25) is 4.99 Å². The summed E-state index contributed by atoms with van der Waals surface area (Å²) >= 11 is 0. The zero-order chi connectivity index (χ0) is 17.3. The van der Waals surface area contributed by atoms with E-state index in [1.54, 1.807) is 0 Å². The van der Waals surface area contributed by atoms with Crippen molar-refractivity contribution in [1.82, 2.24) is 0 Å². The Balaban J connectivity index is 2.20. The summed E-state index contributed by atoms with van der Waals surface area (Å²) in [5.74, 6) is 1.39. The Morgan fingerprint density at radius 1 is 0.875 bits per heavy atom. The molecule has 0 aliphatic carbocycles. The largest absolute Gasteiger partial charge is 0.456 e. The second-order valence-electron chi connectivity index (χ2n) is 7.00. The minimum Gasteiger partial charge on any atom is -0.456 e. The Morgan fingerprint density at radius 2 is 1.58 bits per heavy atom. The lowest BCUT2D eigenvalue weighted by atomic mass is 10.0. The van der Waals surface area contributed by atoms with Crippen LogP contribution in [0.15, 0.2) is 57.9 Å². The summed E-state index contributed by atoms with van der Waals surface area (Å²) < 4.78 is 6.17. The molecular formula is C22H25NO. The van der Waals surface area contributed by atoms with Gasteiger partial charge in [-0.15, -0.1) is 0 Å². The molecule has 3 rings (SSSR count). The van der Waals surface area contributed by atoms with E-state index in [-0.39, 0.29) is 6.04 Å². The Bertz CT molecular complexity index is 915. The van der Waals surface area contributed by atoms with Crippen LogP contribution in [-0.4, -0.2) is 6.04 Å². The second-order valence-corrected chi connectivity index (χ2v) is 7.00. The Hall–Kier alpha value is -2.35. The summed E-state index contributed by atoms with van der Waals surface area (Å²) in [7, 11) is 0. The van der Waals surface area contributed by atoms with E-state index in [9.17, 15) is 0 Å². The smallest absolute Gasteiger partial charge is 0.136 e. The second kappa shape index (κ2) is 6.64. The van der Waals surface area contributed by atoms with Gasteiger partial charge in [0.05, 0.1) is 5.36 Å². The van der Waals surface area contributed by atoms with E-state index >= 15 is 0 Å². The third kappa shape index (κ3) is 3.43. The maximum atomic E-state index is 6.17. The molecule has 0 aliphatic heterocycles. The summed E-state index contributed by atoms with van der Waals surface area (Å²) in [5, 5.41) is 2.07. The standard InChI is InChI=1S/C22H25NO/c1-14(2)17-7-9-18(10-8-17)22-13-20(23-15(3)4)19-12-16(5)6-11-21(19)24-22/h6-15H,1-5H3. The fraction of sp³-hybridized carbons (Fsp3) is 0.318. The topological polar surface area (TPSA) is 25.5 Å². The van der Waals surface area contributed by atoms with Crippen molar-refractivity contribution in [1.29, 1.82) is 0 Å². The first-order chi connectivity index (χ1) is 11.4. The van der Waals surface area contributed by atoms with Gasteiger partial charge in [0.2, 0.25) is 0 Å². The third-order valence-corrected chi connectivity index (χ3v) is 4.16. The predicted molar refractivity (Wildman–Crippen MR) is 101 cm³/mol. The maximum absolute atomic E-state index is 6.17. The first-order valence-corrected chi connectivity index (χ1v) is 8.62. The van der Waals surface area contributed by atoms with Crippen LogP contribution in [0.2, 0.25) is 0 Å². The highest BCUT2D eigenvalue weighted by Gasteiger charge is 2.07. The van der Waals surface area contributed by atoms with E-state index in [1.807, 2.05) is 6.07 Å². The van der Waals surface area contributed by atoms with Gasteiger partial charge < -0.3 is 4.42 Å². The van der Waals surface area contributed by atoms with Crippen LogP contribution in [0.25, 0.3) is 22.3 Å². The first kappa shape index (κ1) is 16.5. The number of aryl methyl sites for hydroxylation is 1. The maximum Gasteiger partial charge on any atom is 0.136 e. The predicted octanol–water partition coefficient (Wildman–Crippen LogP) is 5.84. The van der Waals surface area contributed by atoms with E-state index in [1.165, 1.54) is 11.1 Å². The number of nitrogens with zero attached hydrogens (tertiary/aromatic N) is 1. The van der Waals surface area contributed by atoms with Crippen LogP contribution < -0.4 is 5.36 Å². The van der Waals surface area contributed by atoms with Gasteiger partial charge in [0.15, 0.2) is 0 Å². The van der Waals surface area contributed by atoms with Crippen molar-refractivity contribution >= 4 is 11.0 Å². The first-order valence-electron chi connectivity index (χ1n) is 8.62. The van der Waals surface area contributed by atoms with E-state index in [4.69, 9.17) is 9.41 Å². The molecule has 0 N–H and O–H groups in total. The van der Waals surface area contributed by atoms with Crippen molar-refractivity contribution in [2.24, 2.45) is 4.99 Å². The summed E-state index contributed by atoms with van der Waals surface area (Å²) in [6.07, 6.45) is 0. The molecule has 1 aromatic heterocycles. The quantitative estimate of drug-likeness (QED) is 0.595. The number of hydrogen-bond acceptors (Lipinski definition) is 2. The summed E-state index contributed by atoms with van der Waals surface area (Å²) in [6.45, 7) is 10.7. The van der Waals surface area contributed by atoms with Crippen LogP contribution in [0, 0.1) is 6.92 Å². The molecule has 1 heterocycles. The Morgan fingerprint density at radius 3 is 2.21 bits per heavy atom. The summed E-state index contributed by atoms with van der Waals surface area (Å²) in [6, 6.07) is 17.2. The average Bonchev–Trinajstić information content (AvgIpc) is 2.54. The van der Waals surface area contributed by atoms with Crippen molar-refractivity contribution in [3.8, 4) is 11.3 Å². The molecule has 24 heavy (non-hydrogen) atoms. The number of hydrogen-bond donors (Lipinski definition) is 0. The highest BCUT2D eigenvalue weighted by Crippen LogP contribution is 2.25. The Labute approximate surface area is 143 Å². The lowest BCUT2D eigenvalue weighted by molar-refractivity contribution is 0.617. The van der Waals surface area contributed by atoms with Crippen molar-refractivity contribution in [3.05, 3.63) is 65.0 Å². The van der Waals surface area contributed by atoms with E-state index in [2.05, 4.69) is 77.1 Å². The average molecular weight is 319 g/mol. The molecule has 0 spiro atoms. The molecule has 0 saturated heterocycles. The van der Waals surface area contributed by atoms with Crippen molar-refractivity contribution in [2.45, 2.75) is 46.6 Å². The van der Waals surface area contributed by atoms with Gasteiger partial charge in [0, 0.05) is 23.1 Å². The fourth-order valence-electron chi connectivity index (χ4n) is 2.84. The van der Waals surface area contributed by atoms with E-state index in [0.717, 1.165) is 27.7 Å². The fourth-order valence-corrected chi connectivity index (χ4v) is 2.84. The molecule has 124 valence electrons. The van der Waals surface area contributed by atoms with Crippen molar-refractivity contribution in [3.63, 3.8) is 0 Å². The highest BCUT2D eigenvalue weighted by molar-refractivity contribution is 5.79. The zero-order valence-corrected chi connectivity index (χ0v) is 15.1. The van der Waals surface area contributed by atoms with Gasteiger partial charge >= 0.3 is 0 Å². The van der Waals surface area contributed by atoms with Crippen molar-refractivity contribution < 1.29 is 4.42 Å². The molecule has 0 radical (unpaired) electrons. The number of fused-ring (bicyclic) bond motifs is 1. The van der Waals surface area contributed by atoms with Crippen LogP contribution in [-0.2, 0) is 0 Å². The van der Waals surface area contributed by atoms with Crippen molar-refractivity contribution in [2.75, 3.05) is 0 Å². The zero-order valence-electron chi connectivity index (χ0n) is 15.1. The molecule has 3 aromatic rings. The molecule has 2 heteroatoms. The van der Waals surface area contributed by atoms with E-state index in [0.29, 0.717) is 5.92 Å². The lowest BCUT2D eigenvalue weighted by Crippen LogP contribution is -2.08. The van der Waals surface area contributed by atoms with Crippen LogP contribution in [0.5, 0.6) is 0 Å². The minimum absolute atomic E-state index is 0.243. The molecular weight excluding hydrogens is 294 g/mol. The van der Waals surface area contributed by atoms with Crippen LogP contribution in [0.4, 0.5) is 0 Å². The molecule has 0 saturated carbocycles. The molecule has 0 amide bonds. The molecule has 0 unspecified atom stereocenters. The van der Waals surface area contributed by atoms with Crippen LogP contribution in [0.3, 0.4) is 0 Å². The normalized spacial score (nSPS) is 12.5. The molecule has 0 atom stereocenters.